The SMILES string of the molecule is NC1=NCC(c2ccccc2Br)N1c1cccc(Cl)c1. The molecular formula is C15H13BrClN3. The highest BCUT2D eigenvalue weighted by molar-refractivity contribution is 9.10. The van der Waals surface area contributed by atoms with E-state index < -0.39 is 0 Å². The van der Waals surface area contributed by atoms with Crippen molar-refractivity contribution in [2.45, 2.75) is 6.04 Å². The summed E-state index contributed by atoms with van der Waals surface area (Å²) in [6.45, 7) is 0.640. The minimum absolute atomic E-state index is 0.0871. The Kier molecular flexibility index (Phi) is 3.68. The summed E-state index contributed by atoms with van der Waals surface area (Å²) in [7, 11) is 0. The lowest BCUT2D eigenvalue weighted by Gasteiger charge is -2.27. The van der Waals surface area contributed by atoms with Gasteiger partial charge in [0, 0.05) is 15.2 Å². The minimum Gasteiger partial charge on any atom is -0.369 e. The largest absolute Gasteiger partial charge is 0.369 e. The second-order valence-electron chi connectivity index (χ2n) is 4.59. The highest BCUT2D eigenvalue weighted by Gasteiger charge is 2.30. The summed E-state index contributed by atoms with van der Waals surface area (Å²) in [5, 5.41) is 0.688. The van der Waals surface area contributed by atoms with Crippen LogP contribution in [0.5, 0.6) is 0 Å². The molecule has 2 aromatic carbocycles. The number of nitrogens with zero attached hydrogens (tertiary/aromatic N) is 2. The molecule has 1 unspecified atom stereocenters. The Morgan fingerprint density at radius 3 is 2.75 bits per heavy atom. The van der Waals surface area contributed by atoms with Crippen LogP contribution in [-0.4, -0.2) is 12.5 Å². The van der Waals surface area contributed by atoms with Gasteiger partial charge in [0.1, 0.15) is 0 Å². The summed E-state index contributed by atoms with van der Waals surface area (Å²) in [4.78, 5) is 6.40. The molecule has 0 aliphatic carbocycles. The Bertz CT molecular complexity index is 672. The summed E-state index contributed by atoms with van der Waals surface area (Å²) < 4.78 is 1.06. The number of benzene rings is 2. The molecule has 20 heavy (non-hydrogen) atoms. The quantitative estimate of drug-likeness (QED) is 0.890. The van der Waals surface area contributed by atoms with Gasteiger partial charge < -0.3 is 10.6 Å². The van der Waals surface area contributed by atoms with E-state index in [1.807, 2.05) is 47.4 Å². The van der Waals surface area contributed by atoms with Gasteiger partial charge in [0.25, 0.3) is 0 Å². The fraction of sp³-hybridized carbons (Fsp3) is 0.133. The molecule has 0 fully saturated rings. The van der Waals surface area contributed by atoms with E-state index in [1.165, 1.54) is 0 Å². The van der Waals surface area contributed by atoms with Crippen molar-refractivity contribution < 1.29 is 0 Å². The summed E-state index contributed by atoms with van der Waals surface area (Å²) in [6, 6.07) is 15.9. The molecule has 0 bridgehead atoms. The zero-order valence-corrected chi connectivity index (χ0v) is 13.0. The van der Waals surface area contributed by atoms with E-state index in [4.69, 9.17) is 17.3 Å². The summed E-state index contributed by atoms with van der Waals surface area (Å²) in [6.07, 6.45) is 0. The molecule has 0 saturated heterocycles. The molecule has 3 nitrogen and oxygen atoms in total. The Morgan fingerprint density at radius 2 is 2.00 bits per heavy atom. The minimum atomic E-state index is 0.0871. The summed E-state index contributed by atoms with van der Waals surface area (Å²) >= 11 is 9.68. The highest BCUT2D eigenvalue weighted by atomic mass is 79.9. The van der Waals surface area contributed by atoms with E-state index in [0.29, 0.717) is 17.5 Å². The van der Waals surface area contributed by atoms with Gasteiger partial charge in [0.2, 0.25) is 0 Å². The van der Waals surface area contributed by atoms with Crippen LogP contribution in [-0.2, 0) is 0 Å². The number of aliphatic imine (C=N–C) groups is 1. The van der Waals surface area contributed by atoms with E-state index in [0.717, 1.165) is 15.7 Å². The number of halogens is 2. The lowest BCUT2D eigenvalue weighted by molar-refractivity contribution is 0.765. The lowest BCUT2D eigenvalue weighted by Crippen LogP contribution is -2.36. The Morgan fingerprint density at radius 1 is 1.20 bits per heavy atom. The fourth-order valence-corrected chi connectivity index (χ4v) is 3.15. The molecule has 102 valence electrons. The number of hydrogen-bond donors (Lipinski definition) is 1. The van der Waals surface area contributed by atoms with Gasteiger partial charge in [0.15, 0.2) is 5.96 Å². The maximum absolute atomic E-state index is 6.08. The van der Waals surface area contributed by atoms with Gasteiger partial charge >= 0.3 is 0 Å². The van der Waals surface area contributed by atoms with E-state index in [9.17, 15) is 0 Å². The Hall–Kier alpha value is -1.52. The number of guanidine groups is 1. The topological polar surface area (TPSA) is 41.6 Å². The Balaban J connectivity index is 2.03. The van der Waals surface area contributed by atoms with Gasteiger partial charge in [-0.3, -0.25) is 4.99 Å². The number of nitrogens with two attached hydrogens (primary N) is 1. The van der Waals surface area contributed by atoms with Gasteiger partial charge in [-0.15, -0.1) is 0 Å². The smallest absolute Gasteiger partial charge is 0.196 e. The first-order valence-corrected chi connectivity index (χ1v) is 7.43. The standard InChI is InChI=1S/C15H13BrClN3/c16-13-7-2-1-6-12(13)14-9-19-15(18)20(14)11-5-3-4-10(17)8-11/h1-8,14H,9H2,(H2,18,19). The maximum Gasteiger partial charge on any atom is 0.196 e. The zero-order valence-electron chi connectivity index (χ0n) is 10.6. The van der Waals surface area contributed by atoms with Gasteiger partial charge in [-0.1, -0.05) is 51.8 Å². The number of rotatable bonds is 2. The van der Waals surface area contributed by atoms with Crippen LogP contribution < -0.4 is 10.6 Å². The van der Waals surface area contributed by atoms with Crippen LogP contribution in [0.15, 0.2) is 58.0 Å². The van der Waals surface area contributed by atoms with Crippen LogP contribution in [0.25, 0.3) is 0 Å². The molecule has 1 aliphatic heterocycles. The third-order valence-electron chi connectivity index (χ3n) is 3.34. The molecule has 0 saturated carbocycles. The van der Waals surface area contributed by atoms with E-state index in [2.05, 4.69) is 27.0 Å². The molecule has 0 aromatic heterocycles. The molecule has 3 rings (SSSR count). The first-order valence-electron chi connectivity index (χ1n) is 6.26. The monoisotopic (exact) mass is 349 g/mol. The average Bonchev–Trinajstić information content (AvgIpc) is 2.81. The Labute approximate surface area is 131 Å². The average molecular weight is 351 g/mol. The van der Waals surface area contributed by atoms with Crippen LogP contribution in [0, 0.1) is 0 Å². The van der Waals surface area contributed by atoms with Gasteiger partial charge in [-0.25, -0.2) is 0 Å². The van der Waals surface area contributed by atoms with Crippen molar-refractivity contribution in [2.24, 2.45) is 10.7 Å². The van der Waals surface area contributed by atoms with Crippen molar-refractivity contribution in [3.8, 4) is 0 Å². The number of hydrogen-bond acceptors (Lipinski definition) is 3. The molecule has 2 N–H and O–H groups in total. The first kappa shape index (κ1) is 13.5. The van der Waals surface area contributed by atoms with Gasteiger partial charge in [0.05, 0.1) is 12.6 Å². The molecule has 0 amide bonds. The van der Waals surface area contributed by atoms with E-state index >= 15 is 0 Å². The summed E-state index contributed by atoms with van der Waals surface area (Å²) in [5.74, 6) is 0.521. The molecule has 1 aliphatic rings. The molecular weight excluding hydrogens is 338 g/mol. The van der Waals surface area contributed by atoms with Crippen molar-refractivity contribution >= 4 is 39.2 Å². The summed E-state index contributed by atoms with van der Waals surface area (Å²) in [5.41, 5.74) is 8.18. The lowest BCUT2D eigenvalue weighted by atomic mass is 10.1. The molecule has 2 aromatic rings. The van der Waals surface area contributed by atoms with Crippen LogP contribution in [0.3, 0.4) is 0 Å². The van der Waals surface area contributed by atoms with Crippen molar-refractivity contribution in [1.82, 2.24) is 0 Å². The number of anilines is 1. The van der Waals surface area contributed by atoms with Crippen LogP contribution in [0.1, 0.15) is 11.6 Å². The van der Waals surface area contributed by atoms with Crippen molar-refractivity contribution in [3.63, 3.8) is 0 Å². The van der Waals surface area contributed by atoms with Crippen LogP contribution >= 0.6 is 27.5 Å². The first-order chi connectivity index (χ1) is 9.66. The third kappa shape index (κ3) is 2.41. The van der Waals surface area contributed by atoms with Crippen molar-refractivity contribution in [2.75, 3.05) is 11.4 Å². The molecule has 5 heteroatoms. The predicted molar refractivity (Wildman–Crippen MR) is 87.3 cm³/mol. The molecule has 0 spiro atoms. The molecule has 0 radical (unpaired) electrons. The second kappa shape index (κ2) is 5.46. The highest BCUT2D eigenvalue weighted by Crippen LogP contribution is 2.35. The van der Waals surface area contributed by atoms with Crippen molar-refractivity contribution in [3.05, 3.63) is 63.6 Å². The van der Waals surface area contributed by atoms with Crippen LogP contribution in [0.4, 0.5) is 5.69 Å². The normalized spacial score (nSPS) is 18.2. The van der Waals surface area contributed by atoms with E-state index in [-0.39, 0.29) is 6.04 Å². The van der Waals surface area contributed by atoms with Crippen LogP contribution in [0.2, 0.25) is 5.02 Å². The molecule has 1 heterocycles. The fourth-order valence-electron chi connectivity index (χ4n) is 2.42. The van der Waals surface area contributed by atoms with Gasteiger partial charge in [-0.2, -0.15) is 0 Å². The van der Waals surface area contributed by atoms with Crippen molar-refractivity contribution in [1.29, 1.82) is 0 Å². The molecule has 1 atom stereocenters. The third-order valence-corrected chi connectivity index (χ3v) is 4.29. The van der Waals surface area contributed by atoms with Gasteiger partial charge in [-0.05, 0) is 29.8 Å². The second-order valence-corrected chi connectivity index (χ2v) is 5.88. The maximum atomic E-state index is 6.08. The zero-order chi connectivity index (χ0) is 14.1. The predicted octanol–water partition coefficient (Wildman–Crippen LogP) is 3.98. The van der Waals surface area contributed by atoms with E-state index in [1.54, 1.807) is 0 Å².